The number of ether oxygens (including phenoxy) is 1. The predicted molar refractivity (Wildman–Crippen MR) is 188 cm³/mol. The summed E-state index contributed by atoms with van der Waals surface area (Å²) < 4.78 is 7.13. The number of carbonyl (C=O) groups excluding carboxylic acids is 1. The monoisotopic (exact) mass is 686 g/mol. The third-order valence-corrected chi connectivity index (χ3v) is 9.15. The SMILES string of the molecule is COc1nc(-c2cccc(-c3cccc(-c4ccn5c(=O)c(CNCC(C)O)cnc5c4)c3Cl)c2Cl)ccc1CNC[C@H]1CCC(=O)N1. The Hall–Kier alpha value is -4.32. The molecule has 0 bridgehead atoms. The lowest BCUT2D eigenvalue weighted by Crippen LogP contribution is -2.35. The van der Waals surface area contributed by atoms with E-state index < -0.39 is 6.10 Å². The predicted octanol–water partition coefficient (Wildman–Crippen LogP) is 5.24. The zero-order valence-electron chi connectivity index (χ0n) is 26.6. The molecular formula is C36H36Cl2N6O4. The fraction of sp³-hybridized carbons (Fsp3) is 0.278. The van der Waals surface area contributed by atoms with Gasteiger partial charge in [-0.25, -0.2) is 9.97 Å². The van der Waals surface area contributed by atoms with E-state index in [0.29, 0.717) is 65.4 Å². The highest BCUT2D eigenvalue weighted by molar-refractivity contribution is 6.39. The molecule has 6 rings (SSSR count). The van der Waals surface area contributed by atoms with Gasteiger partial charge in [-0.1, -0.05) is 65.7 Å². The van der Waals surface area contributed by atoms with Crippen LogP contribution in [0.4, 0.5) is 0 Å². The first-order valence-corrected chi connectivity index (χ1v) is 16.5. The highest BCUT2D eigenvalue weighted by Gasteiger charge is 2.21. The van der Waals surface area contributed by atoms with Crippen molar-refractivity contribution in [3.63, 3.8) is 0 Å². The Bertz CT molecular complexity index is 2030. The van der Waals surface area contributed by atoms with Crippen molar-refractivity contribution in [3.8, 4) is 39.4 Å². The topological polar surface area (TPSA) is 130 Å². The van der Waals surface area contributed by atoms with Crippen LogP contribution < -0.4 is 26.2 Å². The lowest BCUT2D eigenvalue weighted by Gasteiger charge is -2.16. The minimum Gasteiger partial charge on any atom is -0.481 e. The lowest BCUT2D eigenvalue weighted by molar-refractivity contribution is -0.119. The molecule has 1 aliphatic rings. The van der Waals surface area contributed by atoms with Gasteiger partial charge in [-0.3, -0.25) is 14.0 Å². The van der Waals surface area contributed by atoms with Crippen LogP contribution in [0.3, 0.4) is 0 Å². The van der Waals surface area contributed by atoms with Gasteiger partial charge in [0.1, 0.15) is 5.65 Å². The van der Waals surface area contributed by atoms with Crippen molar-refractivity contribution in [1.82, 2.24) is 30.3 Å². The van der Waals surface area contributed by atoms with E-state index in [2.05, 4.69) is 20.9 Å². The van der Waals surface area contributed by atoms with Gasteiger partial charge in [-0.2, -0.15) is 0 Å². The van der Waals surface area contributed by atoms with Crippen molar-refractivity contribution in [1.29, 1.82) is 0 Å². The van der Waals surface area contributed by atoms with Gasteiger partial charge in [0.15, 0.2) is 0 Å². The normalized spacial score (nSPS) is 15.1. The van der Waals surface area contributed by atoms with Crippen LogP contribution in [0.25, 0.3) is 39.2 Å². The van der Waals surface area contributed by atoms with Gasteiger partial charge >= 0.3 is 0 Å². The van der Waals surface area contributed by atoms with Crippen molar-refractivity contribution >= 4 is 34.8 Å². The number of pyridine rings is 2. The Labute approximate surface area is 288 Å². The number of benzene rings is 2. The Balaban J connectivity index is 1.25. The molecule has 4 heterocycles. The quantitative estimate of drug-likeness (QED) is 0.140. The van der Waals surface area contributed by atoms with Crippen molar-refractivity contribution in [2.45, 2.75) is 45.0 Å². The summed E-state index contributed by atoms with van der Waals surface area (Å²) in [5.74, 6) is 0.582. The second-order valence-electron chi connectivity index (χ2n) is 11.8. The Morgan fingerprint density at radius 2 is 1.69 bits per heavy atom. The minimum absolute atomic E-state index is 0.0925. The molecule has 3 aromatic heterocycles. The summed E-state index contributed by atoms with van der Waals surface area (Å²) in [5, 5.41) is 19.9. The molecule has 1 unspecified atom stereocenters. The summed E-state index contributed by atoms with van der Waals surface area (Å²) in [6.07, 6.45) is 4.13. The molecule has 2 atom stereocenters. The van der Waals surface area contributed by atoms with E-state index in [1.54, 1.807) is 26.4 Å². The van der Waals surface area contributed by atoms with Gasteiger partial charge in [-0.15, -0.1) is 0 Å². The molecule has 12 heteroatoms. The van der Waals surface area contributed by atoms with Crippen LogP contribution in [0.15, 0.2) is 77.9 Å². The molecule has 10 nitrogen and oxygen atoms in total. The number of fused-ring (bicyclic) bond motifs is 1. The molecule has 48 heavy (non-hydrogen) atoms. The van der Waals surface area contributed by atoms with Crippen molar-refractivity contribution < 1.29 is 14.6 Å². The molecule has 4 N–H and O–H groups in total. The maximum absolute atomic E-state index is 13.1. The molecule has 0 saturated carbocycles. The number of amides is 1. The molecule has 5 aromatic rings. The molecule has 1 aliphatic heterocycles. The van der Waals surface area contributed by atoms with Crippen LogP contribution in [0.2, 0.25) is 10.0 Å². The number of aromatic nitrogens is 3. The number of rotatable bonds is 12. The van der Waals surface area contributed by atoms with Crippen LogP contribution >= 0.6 is 23.2 Å². The third-order valence-electron chi connectivity index (χ3n) is 8.33. The van der Waals surface area contributed by atoms with E-state index in [4.69, 9.17) is 32.9 Å². The van der Waals surface area contributed by atoms with Crippen LogP contribution in [0.1, 0.15) is 30.9 Å². The van der Waals surface area contributed by atoms with Gasteiger partial charge in [-0.05, 0) is 37.1 Å². The smallest absolute Gasteiger partial charge is 0.262 e. The Morgan fingerprint density at radius 3 is 2.40 bits per heavy atom. The first-order valence-electron chi connectivity index (χ1n) is 15.7. The Morgan fingerprint density at radius 1 is 0.979 bits per heavy atom. The lowest BCUT2D eigenvalue weighted by atomic mass is 9.97. The highest BCUT2D eigenvalue weighted by Crippen LogP contribution is 2.42. The fourth-order valence-corrected chi connectivity index (χ4v) is 6.52. The second-order valence-corrected chi connectivity index (χ2v) is 12.6. The van der Waals surface area contributed by atoms with Gasteiger partial charge in [0.05, 0.1) is 29.0 Å². The number of nitrogens with zero attached hydrogens (tertiary/aromatic N) is 3. The second kappa shape index (κ2) is 14.8. The number of methoxy groups -OCH3 is 1. The molecular weight excluding hydrogens is 651 g/mol. The highest BCUT2D eigenvalue weighted by atomic mass is 35.5. The summed E-state index contributed by atoms with van der Waals surface area (Å²) >= 11 is 14.1. The van der Waals surface area contributed by atoms with E-state index in [1.165, 1.54) is 4.40 Å². The zero-order valence-corrected chi connectivity index (χ0v) is 28.1. The van der Waals surface area contributed by atoms with E-state index >= 15 is 0 Å². The third kappa shape index (κ3) is 7.23. The standard InChI is InChI=1S/C36H36Cl2N6O4/c1-21(45)16-39-18-24-19-41-31-15-22(13-14-44(31)36(24)47)26-5-3-6-27(33(26)37)28-7-4-8-29(34(28)38)30-11-9-23(35(43-30)48-2)17-40-20-25-10-12-32(46)42-25/h3-9,11,13-15,19,21,25,39-40,45H,10,12,16-18,20H2,1-2H3,(H,42,46)/t21?,25-/m1/s1. The summed E-state index contributed by atoms with van der Waals surface area (Å²) in [7, 11) is 1.59. The number of nitrogens with one attached hydrogen (secondary N) is 3. The number of hydrogen-bond acceptors (Lipinski definition) is 8. The van der Waals surface area contributed by atoms with Crippen LogP contribution in [0.5, 0.6) is 5.88 Å². The van der Waals surface area contributed by atoms with Crippen molar-refractivity contribution in [2.75, 3.05) is 20.2 Å². The van der Waals surface area contributed by atoms with Crippen molar-refractivity contribution in [3.05, 3.63) is 105 Å². The van der Waals surface area contributed by atoms with E-state index in [-0.39, 0.29) is 17.5 Å². The molecule has 1 saturated heterocycles. The summed E-state index contributed by atoms with van der Waals surface area (Å²) in [5.41, 5.74) is 6.15. The van der Waals surface area contributed by atoms with Crippen LogP contribution in [-0.4, -0.2) is 57.7 Å². The molecule has 0 radical (unpaired) electrons. The van der Waals surface area contributed by atoms with Gasteiger partial charge in [0.2, 0.25) is 11.8 Å². The fourth-order valence-electron chi connectivity index (χ4n) is 5.86. The van der Waals surface area contributed by atoms with Crippen LogP contribution in [0, 0.1) is 0 Å². The summed E-state index contributed by atoms with van der Waals surface area (Å²) in [6, 6.07) is 19.2. The number of aliphatic hydroxyl groups is 1. The van der Waals surface area contributed by atoms with E-state index in [9.17, 15) is 14.7 Å². The van der Waals surface area contributed by atoms with Crippen LogP contribution in [-0.2, 0) is 17.9 Å². The maximum Gasteiger partial charge on any atom is 0.262 e. The van der Waals surface area contributed by atoms with E-state index in [0.717, 1.165) is 39.8 Å². The van der Waals surface area contributed by atoms with Gasteiger partial charge in [0.25, 0.3) is 5.56 Å². The maximum atomic E-state index is 13.1. The first kappa shape index (κ1) is 33.6. The summed E-state index contributed by atoms with van der Waals surface area (Å²) in [4.78, 5) is 33.8. The molecule has 1 amide bonds. The largest absolute Gasteiger partial charge is 0.481 e. The summed E-state index contributed by atoms with van der Waals surface area (Å²) in [6.45, 7) is 3.58. The molecule has 0 aliphatic carbocycles. The van der Waals surface area contributed by atoms with Crippen molar-refractivity contribution in [2.24, 2.45) is 0 Å². The zero-order chi connectivity index (χ0) is 33.8. The Kier molecular flexibility index (Phi) is 10.4. The number of carbonyl (C=O) groups is 1. The molecule has 2 aromatic carbocycles. The average Bonchev–Trinajstić information content (AvgIpc) is 3.50. The molecule has 248 valence electrons. The minimum atomic E-state index is -0.513. The number of aliphatic hydroxyl groups excluding tert-OH is 1. The van der Waals surface area contributed by atoms with Gasteiger partial charge < -0.3 is 25.8 Å². The number of halogens is 2. The molecule has 0 spiro atoms. The number of hydrogen-bond donors (Lipinski definition) is 4. The van der Waals surface area contributed by atoms with E-state index in [1.807, 2.05) is 60.7 Å². The first-order chi connectivity index (χ1) is 23.2. The van der Waals surface area contributed by atoms with Gasteiger partial charge in [0, 0.05) is 84.4 Å². The average molecular weight is 688 g/mol. The molecule has 1 fully saturated rings.